The van der Waals surface area contributed by atoms with Crippen molar-refractivity contribution in [1.82, 2.24) is 0 Å². The fraction of sp³-hybridized carbons (Fsp3) is 0.409. The normalized spacial score (nSPS) is 18.4. The van der Waals surface area contributed by atoms with E-state index in [0.29, 0.717) is 43.1 Å². The Balaban J connectivity index is 1.79. The third-order valence-electron chi connectivity index (χ3n) is 5.13. The number of hydrogen-bond donors (Lipinski definition) is 2. The predicted molar refractivity (Wildman–Crippen MR) is 106 cm³/mol. The van der Waals surface area contributed by atoms with Crippen molar-refractivity contribution in [3.8, 4) is 28.7 Å². The van der Waals surface area contributed by atoms with E-state index in [1.165, 1.54) is 6.07 Å². The molecule has 3 rings (SSSR count). The highest BCUT2D eigenvalue weighted by Gasteiger charge is 2.37. The molecule has 0 unspecified atom stereocenters. The summed E-state index contributed by atoms with van der Waals surface area (Å²) in [6, 6.07) is 8.79. The van der Waals surface area contributed by atoms with E-state index in [1.807, 2.05) is 18.2 Å². The molecule has 2 aromatic rings. The molecular weight excluding hydrogens is 376 g/mol. The maximum atomic E-state index is 12.4. The second kappa shape index (κ2) is 8.94. The van der Waals surface area contributed by atoms with Crippen LogP contribution in [0.2, 0.25) is 0 Å². The molecule has 1 aliphatic rings. The van der Waals surface area contributed by atoms with Gasteiger partial charge in [0.1, 0.15) is 0 Å². The number of hydrogen-bond acceptors (Lipinski definition) is 7. The van der Waals surface area contributed by atoms with Crippen molar-refractivity contribution in [3.05, 3.63) is 41.5 Å². The smallest absolute Gasteiger partial charge is 0.309 e. The zero-order valence-corrected chi connectivity index (χ0v) is 16.8. The lowest BCUT2D eigenvalue weighted by Gasteiger charge is -2.17. The van der Waals surface area contributed by atoms with E-state index in [0.717, 1.165) is 5.56 Å². The van der Waals surface area contributed by atoms with Gasteiger partial charge in [0.2, 0.25) is 5.75 Å². The maximum absolute atomic E-state index is 12.4. The number of phenolic OH excluding ortho intramolecular Hbond substituents is 2. The van der Waals surface area contributed by atoms with Gasteiger partial charge in [0.05, 0.1) is 33.4 Å². The van der Waals surface area contributed by atoms with Crippen LogP contribution in [0.3, 0.4) is 0 Å². The summed E-state index contributed by atoms with van der Waals surface area (Å²) in [7, 11) is 3.17. The van der Waals surface area contributed by atoms with Gasteiger partial charge in [-0.05, 0) is 55.2 Å². The summed E-state index contributed by atoms with van der Waals surface area (Å²) in [5.74, 6) is 0.270. The van der Waals surface area contributed by atoms with Crippen LogP contribution < -0.4 is 14.2 Å². The number of rotatable bonds is 8. The molecule has 2 aromatic carbocycles. The van der Waals surface area contributed by atoms with Crippen molar-refractivity contribution in [2.75, 3.05) is 27.4 Å². The Morgan fingerprint density at radius 2 is 1.72 bits per heavy atom. The number of methoxy groups -OCH3 is 2. The second-order valence-corrected chi connectivity index (χ2v) is 6.99. The van der Waals surface area contributed by atoms with Crippen LogP contribution in [-0.2, 0) is 22.4 Å². The first-order valence-electron chi connectivity index (χ1n) is 9.52. The lowest BCUT2D eigenvalue weighted by atomic mass is 9.85. The van der Waals surface area contributed by atoms with Crippen LogP contribution in [-0.4, -0.2) is 43.6 Å². The summed E-state index contributed by atoms with van der Waals surface area (Å²) >= 11 is 0. The average molecular weight is 402 g/mol. The molecule has 0 aliphatic carbocycles. The lowest BCUT2D eigenvalue weighted by Crippen LogP contribution is -2.20. The molecule has 0 aromatic heterocycles. The van der Waals surface area contributed by atoms with Crippen molar-refractivity contribution in [2.45, 2.75) is 19.8 Å². The van der Waals surface area contributed by atoms with Crippen LogP contribution in [0.5, 0.6) is 28.7 Å². The first-order chi connectivity index (χ1) is 14.0. The number of carbonyl (C=O) groups is 1. The average Bonchev–Trinajstić information content (AvgIpc) is 3.05. The Labute approximate surface area is 169 Å². The summed E-state index contributed by atoms with van der Waals surface area (Å²) in [6.45, 7) is 2.47. The van der Waals surface area contributed by atoms with Crippen LogP contribution in [0.25, 0.3) is 0 Å². The van der Waals surface area contributed by atoms with Crippen molar-refractivity contribution in [3.63, 3.8) is 0 Å². The Hall–Kier alpha value is -3.09. The molecule has 1 heterocycles. The SMILES string of the molecule is CCOc1cc(C[C@H]2C(=O)OC[C@@H]2Cc2ccc(OC)c(OC)c2)cc(O)c1O. The van der Waals surface area contributed by atoms with Crippen molar-refractivity contribution in [1.29, 1.82) is 0 Å². The molecule has 1 fully saturated rings. The largest absolute Gasteiger partial charge is 0.504 e. The molecule has 156 valence electrons. The summed E-state index contributed by atoms with van der Waals surface area (Å²) in [5.41, 5.74) is 1.71. The van der Waals surface area contributed by atoms with E-state index in [1.54, 1.807) is 27.2 Å². The van der Waals surface area contributed by atoms with E-state index in [-0.39, 0.29) is 35.1 Å². The number of benzene rings is 2. The molecule has 1 aliphatic heterocycles. The third-order valence-corrected chi connectivity index (χ3v) is 5.13. The van der Waals surface area contributed by atoms with Gasteiger partial charge in [-0.2, -0.15) is 0 Å². The maximum Gasteiger partial charge on any atom is 0.309 e. The molecule has 29 heavy (non-hydrogen) atoms. The molecule has 2 N–H and O–H groups in total. The van der Waals surface area contributed by atoms with Crippen LogP contribution >= 0.6 is 0 Å². The van der Waals surface area contributed by atoms with E-state index in [2.05, 4.69) is 0 Å². The minimum absolute atomic E-state index is 0.0212. The van der Waals surface area contributed by atoms with Gasteiger partial charge < -0.3 is 29.2 Å². The van der Waals surface area contributed by atoms with Crippen molar-refractivity contribution in [2.24, 2.45) is 11.8 Å². The summed E-state index contributed by atoms with van der Waals surface area (Å²) < 4.78 is 21.3. The minimum Gasteiger partial charge on any atom is -0.504 e. The third kappa shape index (κ3) is 4.50. The number of carbonyl (C=O) groups excluding carboxylic acids is 1. The first-order valence-corrected chi connectivity index (χ1v) is 9.52. The van der Waals surface area contributed by atoms with Gasteiger partial charge in [-0.25, -0.2) is 0 Å². The van der Waals surface area contributed by atoms with Gasteiger partial charge in [0.15, 0.2) is 23.0 Å². The summed E-state index contributed by atoms with van der Waals surface area (Å²) in [5, 5.41) is 19.9. The number of esters is 1. The van der Waals surface area contributed by atoms with Gasteiger partial charge in [0.25, 0.3) is 0 Å². The van der Waals surface area contributed by atoms with E-state index >= 15 is 0 Å². The lowest BCUT2D eigenvalue weighted by molar-refractivity contribution is -0.141. The highest BCUT2D eigenvalue weighted by molar-refractivity contribution is 5.75. The number of ether oxygens (including phenoxy) is 4. The standard InChI is InChI=1S/C22H26O7/c1-4-28-20-11-14(9-17(23)21(20)24)8-16-15(12-29-22(16)25)7-13-5-6-18(26-2)19(10-13)27-3/h5-6,9-11,15-16,23-24H,4,7-8,12H2,1-3H3/t15-,16+/m0/s1. The fourth-order valence-corrected chi connectivity index (χ4v) is 3.65. The van der Waals surface area contributed by atoms with Gasteiger partial charge in [-0.1, -0.05) is 6.07 Å². The molecule has 0 amide bonds. The number of phenols is 2. The second-order valence-electron chi connectivity index (χ2n) is 6.99. The summed E-state index contributed by atoms with van der Waals surface area (Å²) in [6.07, 6.45) is 1.02. The van der Waals surface area contributed by atoms with E-state index in [9.17, 15) is 15.0 Å². The van der Waals surface area contributed by atoms with E-state index < -0.39 is 0 Å². The highest BCUT2D eigenvalue weighted by Crippen LogP contribution is 2.39. The monoisotopic (exact) mass is 402 g/mol. The zero-order chi connectivity index (χ0) is 21.0. The molecule has 7 nitrogen and oxygen atoms in total. The van der Waals surface area contributed by atoms with Gasteiger partial charge in [-0.3, -0.25) is 4.79 Å². The van der Waals surface area contributed by atoms with Crippen LogP contribution in [0.15, 0.2) is 30.3 Å². The van der Waals surface area contributed by atoms with Crippen molar-refractivity contribution < 1.29 is 34.0 Å². The van der Waals surface area contributed by atoms with Crippen molar-refractivity contribution >= 4 is 5.97 Å². The van der Waals surface area contributed by atoms with Gasteiger partial charge in [-0.15, -0.1) is 0 Å². The van der Waals surface area contributed by atoms with Crippen LogP contribution in [0, 0.1) is 11.8 Å². The Morgan fingerprint density at radius 1 is 1.00 bits per heavy atom. The molecule has 1 saturated heterocycles. The quantitative estimate of drug-likeness (QED) is 0.518. The topological polar surface area (TPSA) is 94.5 Å². The predicted octanol–water partition coefficient (Wildman–Crippen LogP) is 3.09. The van der Waals surface area contributed by atoms with E-state index in [4.69, 9.17) is 18.9 Å². The number of aromatic hydroxyl groups is 2. The highest BCUT2D eigenvalue weighted by atomic mass is 16.5. The van der Waals surface area contributed by atoms with Gasteiger partial charge in [0, 0.05) is 5.92 Å². The zero-order valence-electron chi connectivity index (χ0n) is 16.8. The number of cyclic esters (lactones) is 1. The molecule has 2 atom stereocenters. The molecule has 0 radical (unpaired) electrons. The van der Waals surface area contributed by atoms with Crippen LogP contribution in [0.1, 0.15) is 18.1 Å². The molecular formula is C22H26O7. The van der Waals surface area contributed by atoms with Gasteiger partial charge >= 0.3 is 5.97 Å². The Bertz CT molecular complexity index is 878. The fourth-order valence-electron chi connectivity index (χ4n) is 3.65. The Kier molecular flexibility index (Phi) is 6.36. The Morgan fingerprint density at radius 3 is 2.41 bits per heavy atom. The molecule has 0 bridgehead atoms. The first kappa shape index (κ1) is 20.6. The minimum atomic E-state index is -0.360. The molecule has 7 heteroatoms. The van der Waals surface area contributed by atoms with Crippen LogP contribution in [0.4, 0.5) is 0 Å². The molecule has 0 spiro atoms. The summed E-state index contributed by atoms with van der Waals surface area (Å²) in [4.78, 5) is 12.4. The molecule has 0 saturated carbocycles.